The summed E-state index contributed by atoms with van der Waals surface area (Å²) in [4.78, 5) is 13.6. The zero-order valence-corrected chi connectivity index (χ0v) is 16.2. The third-order valence-corrected chi connectivity index (χ3v) is 6.40. The number of hydrogen-bond acceptors (Lipinski definition) is 6. The molecule has 0 amide bonds. The van der Waals surface area contributed by atoms with Crippen LogP contribution in [0.3, 0.4) is 0 Å². The Morgan fingerprint density at radius 1 is 1.19 bits per heavy atom. The number of ether oxygens (including phenoxy) is 1. The van der Waals surface area contributed by atoms with Crippen LogP contribution in [0.5, 0.6) is 0 Å². The molecular weight excluding hydrogens is 358 g/mol. The van der Waals surface area contributed by atoms with Crippen LogP contribution in [0.15, 0.2) is 30.5 Å². The zero-order chi connectivity index (χ0) is 18.4. The van der Waals surface area contributed by atoms with Crippen LogP contribution in [0, 0.1) is 0 Å². The lowest BCUT2D eigenvalue weighted by atomic mass is 10.1. The number of anilines is 1. The minimum absolute atomic E-state index is 0.475. The van der Waals surface area contributed by atoms with Gasteiger partial charge in [0.25, 0.3) is 0 Å². The van der Waals surface area contributed by atoms with E-state index in [1.54, 1.807) is 0 Å². The van der Waals surface area contributed by atoms with Gasteiger partial charge in [-0.25, -0.2) is 9.97 Å². The van der Waals surface area contributed by atoms with E-state index in [1.807, 2.05) is 29.7 Å². The Balaban J connectivity index is 1.74. The van der Waals surface area contributed by atoms with Crippen molar-refractivity contribution in [3.05, 3.63) is 35.3 Å². The lowest BCUT2D eigenvalue weighted by molar-refractivity contribution is 0.122. The molecule has 0 spiro atoms. The van der Waals surface area contributed by atoms with Crippen LogP contribution in [-0.4, -0.2) is 46.5 Å². The predicted molar refractivity (Wildman–Crippen MR) is 110 cm³/mol. The first kappa shape index (κ1) is 16.6. The summed E-state index contributed by atoms with van der Waals surface area (Å²) in [5.74, 6) is 2.25. The van der Waals surface area contributed by atoms with E-state index in [2.05, 4.69) is 41.1 Å². The second-order valence-electron chi connectivity index (χ2n) is 7.12. The van der Waals surface area contributed by atoms with Crippen molar-refractivity contribution in [3.8, 4) is 11.4 Å². The summed E-state index contributed by atoms with van der Waals surface area (Å²) in [6.45, 7) is 7.63. The maximum absolute atomic E-state index is 5.54. The first-order chi connectivity index (χ1) is 13.2. The van der Waals surface area contributed by atoms with Crippen molar-refractivity contribution in [2.75, 3.05) is 31.2 Å². The van der Waals surface area contributed by atoms with Crippen LogP contribution in [0.25, 0.3) is 32.5 Å². The van der Waals surface area contributed by atoms with E-state index in [4.69, 9.17) is 14.7 Å². The highest BCUT2D eigenvalue weighted by Gasteiger charge is 2.21. The molecule has 1 N–H and O–H groups in total. The first-order valence-electron chi connectivity index (χ1n) is 9.27. The van der Waals surface area contributed by atoms with E-state index in [0.717, 1.165) is 59.9 Å². The number of hydrogen-bond donors (Lipinski definition) is 1. The molecule has 27 heavy (non-hydrogen) atoms. The molecule has 0 aliphatic carbocycles. The summed E-state index contributed by atoms with van der Waals surface area (Å²) in [6.07, 6.45) is 1.85. The van der Waals surface area contributed by atoms with Crippen LogP contribution in [0.2, 0.25) is 0 Å². The van der Waals surface area contributed by atoms with Gasteiger partial charge in [-0.3, -0.25) is 5.10 Å². The fourth-order valence-electron chi connectivity index (χ4n) is 3.49. The Morgan fingerprint density at radius 3 is 2.85 bits per heavy atom. The molecule has 0 unspecified atom stereocenters. The molecule has 0 atom stereocenters. The van der Waals surface area contributed by atoms with Crippen molar-refractivity contribution in [1.29, 1.82) is 0 Å². The van der Waals surface area contributed by atoms with Crippen molar-refractivity contribution >= 4 is 38.3 Å². The standard InChI is InChI=1S/C20H21N5OS/c1-12(2)17-10-16-18(27-17)20(25-6-8-26-9-7-25)23-19(22-16)13-4-3-5-15-14(13)11-21-24-15/h3-5,10-12H,6-9H2,1-2H3,(H,21,24). The van der Waals surface area contributed by atoms with Crippen molar-refractivity contribution < 1.29 is 4.74 Å². The Bertz CT molecular complexity index is 1110. The normalized spacial score (nSPS) is 15.3. The van der Waals surface area contributed by atoms with Gasteiger partial charge in [-0.15, -0.1) is 11.3 Å². The van der Waals surface area contributed by atoms with Crippen LogP contribution in [0.1, 0.15) is 24.6 Å². The fraction of sp³-hybridized carbons (Fsp3) is 0.350. The lowest BCUT2D eigenvalue weighted by Crippen LogP contribution is -2.36. The third-order valence-electron chi connectivity index (χ3n) is 4.98. The molecule has 5 rings (SSSR count). The molecule has 1 fully saturated rings. The number of fused-ring (bicyclic) bond motifs is 2. The molecule has 3 aromatic heterocycles. The van der Waals surface area contributed by atoms with Gasteiger partial charge in [0.2, 0.25) is 0 Å². The Labute approximate surface area is 161 Å². The highest BCUT2D eigenvalue weighted by molar-refractivity contribution is 7.19. The van der Waals surface area contributed by atoms with Gasteiger partial charge in [0.1, 0.15) is 0 Å². The Hall–Kier alpha value is -2.51. The second kappa shape index (κ2) is 6.58. The molecular formula is C20H21N5OS. The van der Waals surface area contributed by atoms with Crippen molar-refractivity contribution in [1.82, 2.24) is 20.2 Å². The molecule has 0 saturated carbocycles. The highest BCUT2D eigenvalue weighted by atomic mass is 32.1. The molecule has 0 radical (unpaired) electrons. The minimum Gasteiger partial charge on any atom is -0.378 e. The summed E-state index contributed by atoms with van der Waals surface area (Å²) in [5.41, 5.74) is 3.03. The number of aromatic amines is 1. The summed E-state index contributed by atoms with van der Waals surface area (Å²) >= 11 is 1.81. The van der Waals surface area contributed by atoms with E-state index in [-0.39, 0.29) is 0 Å². The van der Waals surface area contributed by atoms with E-state index < -0.39 is 0 Å². The molecule has 1 saturated heterocycles. The molecule has 0 bridgehead atoms. The van der Waals surface area contributed by atoms with Gasteiger partial charge < -0.3 is 9.64 Å². The van der Waals surface area contributed by atoms with Gasteiger partial charge in [-0.2, -0.15) is 5.10 Å². The number of aromatic nitrogens is 4. The topological polar surface area (TPSA) is 66.9 Å². The number of nitrogens with one attached hydrogen (secondary N) is 1. The third kappa shape index (κ3) is 2.87. The fourth-order valence-corrected chi connectivity index (χ4v) is 4.61. The molecule has 4 aromatic rings. The monoisotopic (exact) mass is 379 g/mol. The van der Waals surface area contributed by atoms with E-state index in [0.29, 0.717) is 5.92 Å². The van der Waals surface area contributed by atoms with Gasteiger partial charge in [0.05, 0.1) is 35.1 Å². The predicted octanol–water partition coefficient (Wildman–Crippen LogP) is 4.19. The number of thiophene rings is 1. The van der Waals surface area contributed by atoms with E-state index in [9.17, 15) is 0 Å². The van der Waals surface area contributed by atoms with Crippen LogP contribution in [-0.2, 0) is 4.74 Å². The molecule has 138 valence electrons. The van der Waals surface area contributed by atoms with Gasteiger partial charge in [0.15, 0.2) is 11.6 Å². The molecule has 7 heteroatoms. The minimum atomic E-state index is 0.475. The number of H-pyrrole nitrogens is 1. The molecule has 1 aliphatic heterocycles. The second-order valence-corrected chi connectivity index (χ2v) is 8.21. The Kier molecular flexibility index (Phi) is 4.06. The van der Waals surface area contributed by atoms with Crippen molar-refractivity contribution in [3.63, 3.8) is 0 Å². The summed E-state index contributed by atoms with van der Waals surface area (Å²) in [7, 11) is 0. The van der Waals surface area contributed by atoms with Gasteiger partial charge in [0, 0.05) is 28.9 Å². The highest BCUT2D eigenvalue weighted by Crippen LogP contribution is 2.37. The molecule has 4 heterocycles. The first-order valence-corrected chi connectivity index (χ1v) is 10.1. The average molecular weight is 379 g/mol. The van der Waals surface area contributed by atoms with Gasteiger partial charge in [-0.1, -0.05) is 26.0 Å². The van der Waals surface area contributed by atoms with Crippen molar-refractivity contribution in [2.24, 2.45) is 0 Å². The zero-order valence-electron chi connectivity index (χ0n) is 15.4. The molecule has 1 aliphatic rings. The summed E-state index contributed by atoms with van der Waals surface area (Å²) in [6, 6.07) is 8.33. The number of benzene rings is 1. The lowest BCUT2D eigenvalue weighted by Gasteiger charge is -2.28. The average Bonchev–Trinajstić information content (AvgIpc) is 3.34. The number of rotatable bonds is 3. The van der Waals surface area contributed by atoms with Crippen molar-refractivity contribution in [2.45, 2.75) is 19.8 Å². The van der Waals surface area contributed by atoms with Gasteiger partial charge in [-0.05, 0) is 18.1 Å². The quantitative estimate of drug-likeness (QED) is 0.578. The van der Waals surface area contributed by atoms with Crippen LogP contribution < -0.4 is 4.90 Å². The Morgan fingerprint density at radius 2 is 2.04 bits per heavy atom. The van der Waals surface area contributed by atoms with E-state index in [1.165, 1.54) is 9.58 Å². The maximum Gasteiger partial charge on any atom is 0.162 e. The van der Waals surface area contributed by atoms with Crippen LogP contribution in [0.4, 0.5) is 5.82 Å². The summed E-state index contributed by atoms with van der Waals surface area (Å²) in [5, 5.41) is 8.26. The molecule has 1 aromatic carbocycles. The number of morpholine rings is 1. The SMILES string of the molecule is CC(C)c1cc2nc(-c3cccc4[nH]ncc34)nc(N3CCOCC3)c2s1. The maximum atomic E-state index is 5.54. The number of nitrogens with zero attached hydrogens (tertiary/aromatic N) is 4. The van der Waals surface area contributed by atoms with E-state index >= 15 is 0 Å². The summed E-state index contributed by atoms with van der Waals surface area (Å²) < 4.78 is 6.71. The van der Waals surface area contributed by atoms with Crippen LogP contribution >= 0.6 is 11.3 Å². The largest absolute Gasteiger partial charge is 0.378 e. The molecule has 6 nitrogen and oxygen atoms in total. The van der Waals surface area contributed by atoms with Gasteiger partial charge >= 0.3 is 0 Å². The smallest absolute Gasteiger partial charge is 0.162 e.